The Morgan fingerprint density at radius 1 is 1.03 bits per heavy atom. The Kier molecular flexibility index (Phi) is 6.45. The summed E-state index contributed by atoms with van der Waals surface area (Å²) < 4.78 is 0. The van der Waals surface area contributed by atoms with Crippen molar-refractivity contribution in [2.75, 3.05) is 0 Å². The van der Waals surface area contributed by atoms with E-state index in [1.807, 2.05) is 55.5 Å². The molecular weight excluding hydrogens is 417 g/mol. The summed E-state index contributed by atoms with van der Waals surface area (Å²) in [5, 5.41) is 12.0. The highest BCUT2D eigenvalue weighted by molar-refractivity contribution is 6.30. The predicted molar refractivity (Wildman–Crippen MR) is 122 cm³/mol. The maximum atomic E-state index is 13.0. The lowest BCUT2D eigenvalue weighted by Gasteiger charge is -2.26. The van der Waals surface area contributed by atoms with Crippen LogP contribution in [0.5, 0.6) is 0 Å². The molecule has 2 aromatic carbocycles. The van der Waals surface area contributed by atoms with Crippen LogP contribution < -0.4 is 5.32 Å². The number of nitrogens with one attached hydrogen (secondary N) is 2. The van der Waals surface area contributed by atoms with Crippen LogP contribution >= 0.6 is 23.2 Å². The van der Waals surface area contributed by atoms with Crippen molar-refractivity contribution in [3.8, 4) is 0 Å². The van der Waals surface area contributed by atoms with Crippen molar-refractivity contribution in [2.24, 2.45) is 0 Å². The molecule has 0 radical (unpaired) electrons. The fraction of sp³-hybridized carbons (Fsp3) is 0.333. The van der Waals surface area contributed by atoms with Crippen molar-refractivity contribution >= 4 is 29.1 Å². The van der Waals surface area contributed by atoms with E-state index in [9.17, 15) is 4.79 Å². The fourth-order valence-electron chi connectivity index (χ4n) is 4.21. The van der Waals surface area contributed by atoms with E-state index in [-0.39, 0.29) is 17.9 Å². The van der Waals surface area contributed by atoms with Gasteiger partial charge < -0.3 is 5.32 Å². The summed E-state index contributed by atoms with van der Waals surface area (Å²) in [5.74, 6) is -0.0286. The highest BCUT2D eigenvalue weighted by atomic mass is 35.5. The van der Waals surface area contributed by atoms with Crippen LogP contribution in [0, 0.1) is 0 Å². The number of hydrogen-bond donors (Lipinski definition) is 2. The van der Waals surface area contributed by atoms with E-state index in [2.05, 4.69) is 15.5 Å². The van der Waals surface area contributed by atoms with Gasteiger partial charge in [0.1, 0.15) is 0 Å². The van der Waals surface area contributed by atoms with Crippen molar-refractivity contribution in [3.63, 3.8) is 0 Å². The van der Waals surface area contributed by atoms with Crippen LogP contribution in [0.3, 0.4) is 0 Å². The smallest absolute Gasteiger partial charge is 0.272 e. The van der Waals surface area contributed by atoms with E-state index in [0.717, 1.165) is 54.5 Å². The van der Waals surface area contributed by atoms with Crippen LogP contribution in [-0.4, -0.2) is 22.1 Å². The normalized spacial score (nSPS) is 15.3. The van der Waals surface area contributed by atoms with Crippen molar-refractivity contribution in [2.45, 2.75) is 51.0 Å². The van der Waals surface area contributed by atoms with Gasteiger partial charge in [0.25, 0.3) is 5.91 Å². The number of nitrogens with zero attached hydrogens (tertiary/aromatic N) is 1. The van der Waals surface area contributed by atoms with Gasteiger partial charge in [0, 0.05) is 33.3 Å². The predicted octanol–water partition coefficient (Wildman–Crippen LogP) is 5.74. The van der Waals surface area contributed by atoms with Gasteiger partial charge in [0.2, 0.25) is 0 Å². The molecule has 6 heteroatoms. The molecule has 2 atom stereocenters. The van der Waals surface area contributed by atoms with E-state index < -0.39 is 0 Å². The molecule has 156 valence electrons. The van der Waals surface area contributed by atoms with Gasteiger partial charge in [-0.3, -0.25) is 9.89 Å². The maximum absolute atomic E-state index is 13.0. The van der Waals surface area contributed by atoms with Crippen LogP contribution in [-0.2, 0) is 19.3 Å². The van der Waals surface area contributed by atoms with E-state index in [1.165, 1.54) is 0 Å². The number of carbonyl (C=O) groups excluding carboxylic acids is 1. The summed E-state index contributed by atoms with van der Waals surface area (Å²) in [6.45, 7) is 2.05. The lowest BCUT2D eigenvalue weighted by Crippen LogP contribution is -2.38. The molecule has 0 bridgehead atoms. The highest BCUT2D eigenvalue weighted by Crippen LogP contribution is 2.28. The number of rotatable bonds is 6. The Morgan fingerprint density at radius 3 is 2.37 bits per heavy atom. The lowest BCUT2D eigenvalue weighted by atomic mass is 9.86. The van der Waals surface area contributed by atoms with Gasteiger partial charge in [-0.05, 0) is 74.4 Å². The number of fused-ring (bicyclic) bond motifs is 1. The molecular formula is C24H25Cl2N3O. The third kappa shape index (κ3) is 4.71. The Labute approximate surface area is 187 Å². The van der Waals surface area contributed by atoms with Gasteiger partial charge in [-0.1, -0.05) is 47.5 Å². The zero-order valence-electron chi connectivity index (χ0n) is 16.9. The molecule has 2 N–H and O–H groups in total. The molecule has 4 nitrogen and oxygen atoms in total. The van der Waals surface area contributed by atoms with Gasteiger partial charge >= 0.3 is 0 Å². The lowest BCUT2D eigenvalue weighted by molar-refractivity contribution is 0.0928. The summed E-state index contributed by atoms with van der Waals surface area (Å²) >= 11 is 12.1. The monoisotopic (exact) mass is 441 g/mol. The number of benzene rings is 2. The molecule has 1 aliphatic rings. The molecule has 30 heavy (non-hydrogen) atoms. The molecule has 1 heterocycles. The van der Waals surface area contributed by atoms with Gasteiger partial charge in [-0.15, -0.1) is 0 Å². The summed E-state index contributed by atoms with van der Waals surface area (Å²) in [6.07, 6.45) is 4.90. The minimum Gasteiger partial charge on any atom is -0.348 e. The van der Waals surface area contributed by atoms with Gasteiger partial charge in [-0.25, -0.2) is 0 Å². The average molecular weight is 442 g/mol. The molecule has 1 aliphatic carbocycles. The molecule has 0 fully saturated rings. The molecule has 1 aromatic heterocycles. The number of H-pyrrole nitrogens is 1. The summed E-state index contributed by atoms with van der Waals surface area (Å²) in [7, 11) is 0. The van der Waals surface area contributed by atoms with E-state index in [1.54, 1.807) is 0 Å². The van der Waals surface area contributed by atoms with Crippen LogP contribution in [0.1, 0.15) is 58.6 Å². The number of amides is 1. The first-order valence-electron chi connectivity index (χ1n) is 10.4. The topological polar surface area (TPSA) is 57.8 Å². The second-order valence-electron chi connectivity index (χ2n) is 7.99. The van der Waals surface area contributed by atoms with Crippen LogP contribution in [0.4, 0.5) is 0 Å². The summed E-state index contributed by atoms with van der Waals surface area (Å²) in [5.41, 5.74) is 5.02. The quantitative estimate of drug-likeness (QED) is 0.512. The largest absolute Gasteiger partial charge is 0.348 e. The number of hydrogen-bond acceptors (Lipinski definition) is 2. The fourth-order valence-corrected chi connectivity index (χ4v) is 4.46. The molecule has 0 unspecified atom stereocenters. The Bertz CT molecular complexity index is 1010. The Balaban J connectivity index is 1.56. The molecule has 0 aliphatic heterocycles. The standard InChI is InChI=1S/C24H25Cl2N3O/c1-15(27-24(30)23-20-4-2-3-5-22(20)28-29-23)21(17-8-12-19(26)13-9-17)14-16-6-10-18(25)11-7-16/h6-13,15,21H,2-5,14H2,1H3,(H,27,30)(H,28,29)/t15-,21+/m1/s1. The number of carbonyl (C=O) groups is 1. The molecule has 0 saturated heterocycles. The van der Waals surface area contributed by atoms with Crippen molar-refractivity contribution in [3.05, 3.63) is 86.7 Å². The Hall–Kier alpha value is -2.30. The highest BCUT2D eigenvalue weighted by Gasteiger charge is 2.26. The molecule has 4 rings (SSSR count). The number of aromatic nitrogens is 2. The van der Waals surface area contributed by atoms with Crippen LogP contribution in [0.2, 0.25) is 10.0 Å². The van der Waals surface area contributed by atoms with Crippen LogP contribution in [0.15, 0.2) is 48.5 Å². The molecule has 3 aromatic rings. The van der Waals surface area contributed by atoms with Crippen molar-refractivity contribution < 1.29 is 4.79 Å². The zero-order chi connectivity index (χ0) is 21.1. The maximum Gasteiger partial charge on any atom is 0.272 e. The SMILES string of the molecule is C[C@@H](NC(=O)c1n[nH]c2c1CCCC2)[C@H](Cc1ccc(Cl)cc1)c1ccc(Cl)cc1. The Morgan fingerprint density at radius 2 is 1.67 bits per heavy atom. The van der Waals surface area contributed by atoms with E-state index >= 15 is 0 Å². The van der Waals surface area contributed by atoms with E-state index in [4.69, 9.17) is 23.2 Å². The number of halogens is 2. The third-order valence-electron chi connectivity index (χ3n) is 5.90. The minimum absolute atomic E-state index is 0.0853. The van der Waals surface area contributed by atoms with Crippen molar-refractivity contribution in [1.82, 2.24) is 15.5 Å². The number of aromatic amines is 1. The molecule has 0 spiro atoms. The first-order chi connectivity index (χ1) is 14.5. The zero-order valence-corrected chi connectivity index (χ0v) is 18.4. The average Bonchev–Trinajstić information content (AvgIpc) is 3.18. The number of aryl methyl sites for hydroxylation is 1. The minimum atomic E-state index is -0.114. The van der Waals surface area contributed by atoms with Gasteiger partial charge in [0.05, 0.1) is 0 Å². The second-order valence-corrected chi connectivity index (χ2v) is 8.86. The second kappa shape index (κ2) is 9.23. The van der Waals surface area contributed by atoms with Crippen LogP contribution in [0.25, 0.3) is 0 Å². The summed E-state index contributed by atoms with van der Waals surface area (Å²) in [6, 6.07) is 15.6. The van der Waals surface area contributed by atoms with Gasteiger partial charge in [0.15, 0.2) is 5.69 Å². The van der Waals surface area contributed by atoms with Gasteiger partial charge in [-0.2, -0.15) is 5.10 Å². The molecule has 0 saturated carbocycles. The van der Waals surface area contributed by atoms with E-state index in [0.29, 0.717) is 15.7 Å². The first-order valence-corrected chi connectivity index (χ1v) is 11.1. The first kappa shape index (κ1) is 21.0. The van der Waals surface area contributed by atoms with Crippen molar-refractivity contribution in [1.29, 1.82) is 0 Å². The summed E-state index contributed by atoms with van der Waals surface area (Å²) in [4.78, 5) is 13.0. The molecule has 1 amide bonds. The third-order valence-corrected chi connectivity index (χ3v) is 6.40.